The first-order chi connectivity index (χ1) is 24.9. The second-order valence-electron chi connectivity index (χ2n) is 12.3. The highest BCUT2D eigenvalue weighted by molar-refractivity contribution is 8.00. The number of thioether (sulfide) groups is 1. The first kappa shape index (κ1) is 35.5. The number of aromatic nitrogens is 2. The van der Waals surface area contributed by atoms with Crippen LogP contribution in [0.5, 0.6) is 0 Å². The van der Waals surface area contributed by atoms with E-state index in [-0.39, 0.29) is 61.6 Å². The number of pyridine rings is 1. The zero-order chi connectivity index (χ0) is 37.0. The molecule has 3 fully saturated rings. The highest BCUT2D eigenvalue weighted by Crippen LogP contribution is 2.43. The molecule has 4 aliphatic rings. The van der Waals surface area contributed by atoms with Gasteiger partial charge in [0, 0.05) is 48.1 Å². The van der Waals surface area contributed by atoms with Crippen LogP contribution in [0.4, 0.5) is 20.0 Å². The highest BCUT2D eigenvalue weighted by atomic mass is 35.5. The van der Waals surface area contributed by atoms with Gasteiger partial charge in [0.1, 0.15) is 42.2 Å². The van der Waals surface area contributed by atoms with Crippen molar-refractivity contribution in [3.63, 3.8) is 0 Å². The molecule has 3 atom stereocenters. The predicted molar refractivity (Wildman–Crippen MR) is 188 cm³/mol. The van der Waals surface area contributed by atoms with Gasteiger partial charge in [-0.15, -0.1) is 23.1 Å². The number of esters is 1. The van der Waals surface area contributed by atoms with Crippen molar-refractivity contribution in [2.45, 2.75) is 42.8 Å². The number of ether oxygens (including phenoxy) is 2. The van der Waals surface area contributed by atoms with Crippen molar-refractivity contribution >= 4 is 86.1 Å². The highest BCUT2D eigenvalue weighted by Gasteiger charge is 2.54. The van der Waals surface area contributed by atoms with Crippen LogP contribution in [0.25, 0.3) is 10.9 Å². The summed E-state index contributed by atoms with van der Waals surface area (Å²) in [6.45, 7) is 0.339. The molecule has 21 heteroatoms. The lowest BCUT2D eigenvalue weighted by Crippen LogP contribution is -2.70. The Morgan fingerprint density at radius 1 is 1.25 bits per heavy atom. The van der Waals surface area contributed by atoms with Crippen molar-refractivity contribution in [3.05, 3.63) is 61.4 Å². The third-order valence-corrected chi connectivity index (χ3v) is 11.3. The molecule has 2 amide bonds. The Bertz CT molecular complexity index is 2160. The third-order valence-electron chi connectivity index (χ3n) is 8.89. The van der Waals surface area contributed by atoms with Gasteiger partial charge in [0.15, 0.2) is 10.8 Å². The number of carbonyl (C=O) groups is 4. The SMILES string of the molecule is CO/N=C(\C(=O)N[C@@H]1C(=O)N2C(OC(=O)O)=C(COC(=O)c3cn(C4CC4)c4c(Cl)c(N5CCC(N)C5)c(F)cc4c3=O)CS[C@H]12)c1csc(N)n1. The minimum atomic E-state index is -1.74. The van der Waals surface area contributed by atoms with E-state index >= 15 is 4.39 Å². The number of carbonyl (C=O) groups excluding carboxylic acids is 3. The number of nitrogens with zero attached hydrogens (tertiary/aromatic N) is 5. The molecule has 1 aromatic carbocycles. The molecule has 0 bridgehead atoms. The lowest BCUT2D eigenvalue weighted by molar-refractivity contribution is -0.148. The third kappa shape index (κ3) is 6.39. The van der Waals surface area contributed by atoms with Gasteiger partial charge in [0.05, 0.1) is 21.6 Å². The number of oxime groups is 1. The number of carboxylic acid groups (broad SMARTS) is 1. The predicted octanol–water partition coefficient (Wildman–Crippen LogP) is 2.22. The van der Waals surface area contributed by atoms with Crippen LogP contribution >= 0.6 is 34.7 Å². The van der Waals surface area contributed by atoms with E-state index in [1.807, 2.05) is 0 Å². The molecule has 52 heavy (non-hydrogen) atoms. The molecule has 5 heterocycles. The summed E-state index contributed by atoms with van der Waals surface area (Å²) in [5.74, 6) is -3.67. The average molecular weight is 777 g/mol. The molecule has 7 rings (SSSR count). The van der Waals surface area contributed by atoms with Crippen LogP contribution in [-0.4, -0.2) is 99.2 Å². The fourth-order valence-electron chi connectivity index (χ4n) is 6.34. The van der Waals surface area contributed by atoms with Gasteiger partial charge in [0.25, 0.3) is 11.8 Å². The van der Waals surface area contributed by atoms with E-state index in [0.717, 1.165) is 46.9 Å². The molecule has 17 nitrogen and oxygen atoms in total. The largest absolute Gasteiger partial charge is 0.512 e. The van der Waals surface area contributed by atoms with Crippen molar-refractivity contribution in [1.29, 1.82) is 0 Å². The maximum Gasteiger partial charge on any atom is 0.512 e. The summed E-state index contributed by atoms with van der Waals surface area (Å²) in [5, 5.41) is 16.6. The maximum absolute atomic E-state index is 15.5. The topological polar surface area (TPSA) is 234 Å². The lowest BCUT2D eigenvalue weighted by Gasteiger charge is -2.49. The molecule has 3 aliphatic heterocycles. The Morgan fingerprint density at radius 2 is 2.02 bits per heavy atom. The Labute approximate surface area is 306 Å². The van der Waals surface area contributed by atoms with Gasteiger partial charge in [-0.25, -0.2) is 19.0 Å². The lowest BCUT2D eigenvalue weighted by atomic mass is 10.1. The van der Waals surface area contributed by atoms with Crippen molar-refractivity contribution in [1.82, 2.24) is 19.8 Å². The van der Waals surface area contributed by atoms with Crippen LogP contribution in [0.3, 0.4) is 0 Å². The summed E-state index contributed by atoms with van der Waals surface area (Å²) in [6.07, 6.45) is 1.75. The van der Waals surface area contributed by atoms with Crippen molar-refractivity contribution in [2.75, 3.05) is 43.2 Å². The van der Waals surface area contributed by atoms with Crippen molar-refractivity contribution in [3.8, 4) is 0 Å². The number of benzene rings is 1. The van der Waals surface area contributed by atoms with Crippen LogP contribution in [0, 0.1) is 5.82 Å². The van der Waals surface area contributed by atoms with E-state index in [4.69, 9.17) is 37.4 Å². The zero-order valence-corrected chi connectivity index (χ0v) is 29.6. The first-order valence-electron chi connectivity index (χ1n) is 15.8. The monoisotopic (exact) mass is 776 g/mol. The van der Waals surface area contributed by atoms with Crippen LogP contribution in [0.1, 0.15) is 41.4 Å². The standard InChI is InChI=1S/C31H30ClFN8O9S2/c1-48-38-20(18-11-52-30(35)36-18)25(43)37-21-26(44)41-27(50-31(46)47)12(10-51-28(21)41)9-49-29(45)16-8-40(14-2-3-14)22-15(24(16)42)6-17(33)23(19(22)32)39-5-4-13(34)7-39/h6,8,11,13-14,21,28H,2-5,7,9-10,34H2,1H3,(H2,35,36)(H,37,43)(H,46,47)/b38-20-/t13?,21-,28-/m1/s1. The Morgan fingerprint density at radius 3 is 2.65 bits per heavy atom. The summed E-state index contributed by atoms with van der Waals surface area (Å²) in [5.41, 5.74) is 11.0. The zero-order valence-electron chi connectivity index (χ0n) is 27.2. The number of hydrogen-bond acceptors (Lipinski definition) is 15. The maximum atomic E-state index is 15.5. The number of rotatable bonds is 10. The average Bonchev–Trinajstić information content (AvgIpc) is 3.72. The molecule has 274 valence electrons. The van der Waals surface area contributed by atoms with E-state index < -0.39 is 59.1 Å². The fourth-order valence-corrected chi connectivity index (χ4v) is 8.60. The number of nitrogen functional groups attached to an aromatic ring is 1. The number of amides is 2. The Balaban J connectivity index is 1.12. The van der Waals surface area contributed by atoms with E-state index in [0.29, 0.717) is 25.0 Å². The number of nitrogens with two attached hydrogens (primary N) is 2. The van der Waals surface area contributed by atoms with E-state index in [2.05, 4.69) is 15.5 Å². The normalized spacial score (nSPS) is 21.6. The fraction of sp³-hybridized carbons (Fsp3) is 0.387. The van der Waals surface area contributed by atoms with Crippen LogP contribution < -0.4 is 27.1 Å². The summed E-state index contributed by atoms with van der Waals surface area (Å²) < 4.78 is 27.7. The minimum Gasteiger partial charge on any atom is -0.457 e. The molecule has 1 unspecified atom stereocenters. The molecular formula is C31H30ClFN8O9S2. The van der Waals surface area contributed by atoms with Gasteiger partial charge >= 0.3 is 12.1 Å². The second kappa shape index (κ2) is 13.9. The quantitative estimate of drug-likeness (QED) is 0.100. The first-order valence-corrected chi connectivity index (χ1v) is 18.1. The smallest absolute Gasteiger partial charge is 0.457 e. The molecule has 0 spiro atoms. The number of fused-ring (bicyclic) bond motifs is 2. The number of thiazole rings is 1. The molecule has 1 aliphatic carbocycles. The van der Waals surface area contributed by atoms with Gasteiger partial charge in [-0.1, -0.05) is 16.8 Å². The van der Waals surface area contributed by atoms with Crippen LogP contribution in [-0.2, 0) is 23.9 Å². The summed E-state index contributed by atoms with van der Waals surface area (Å²) in [6, 6.07) is -0.276. The summed E-state index contributed by atoms with van der Waals surface area (Å²) in [4.78, 5) is 76.7. The van der Waals surface area contributed by atoms with E-state index in [1.54, 1.807) is 9.47 Å². The van der Waals surface area contributed by atoms with E-state index in [1.165, 1.54) is 18.7 Å². The molecular weight excluding hydrogens is 747 g/mol. The summed E-state index contributed by atoms with van der Waals surface area (Å²) >= 11 is 8.98. The molecule has 3 aromatic rings. The number of nitrogens with one attached hydrogen (secondary N) is 1. The second-order valence-corrected chi connectivity index (χ2v) is 14.7. The number of halogens is 2. The number of β-lactam (4-membered cyclic amide) rings is 1. The van der Waals surface area contributed by atoms with E-state index in [9.17, 15) is 29.1 Å². The molecule has 6 N–H and O–H groups in total. The van der Waals surface area contributed by atoms with Crippen molar-refractivity contribution < 1.29 is 43.0 Å². The molecule has 2 aromatic heterocycles. The number of anilines is 2. The Kier molecular flexibility index (Phi) is 9.48. The van der Waals surface area contributed by atoms with Gasteiger partial charge in [-0.05, 0) is 25.3 Å². The van der Waals surface area contributed by atoms with Crippen LogP contribution in [0.2, 0.25) is 5.02 Å². The van der Waals surface area contributed by atoms with Gasteiger partial charge in [0.2, 0.25) is 11.3 Å². The molecule has 0 radical (unpaired) electrons. The van der Waals surface area contributed by atoms with Crippen molar-refractivity contribution in [2.24, 2.45) is 10.9 Å². The number of hydrogen-bond donors (Lipinski definition) is 4. The van der Waals surface area contributed by atoms with Gasteiger partial charge in [-0.2, -0.15) is 0 Å². The van der Waals surface area contributed by atoms with Gasteiger partial charge < -0.3 is 45.7 Å². The minimum absolute atomic E-state index is 0.0200. The molecule has 1 saturated carbocycles. The Hall–Kier alpha value is -4.92. The van der Waals surface area contributed by atoms with Crippen LogP contribution in [0.15, 0.2) is 39.0 Å². The summed E-state index contributed by atoms with van der Waals surface area (Å²) in [7, 11) is 1.23. The molecule has 2 saturated heterocycles. The van der Waals surface area contributed by atoms with Gasteiger partial charge in [-0.3, -0.25) is 19.3 Å².